The molecule has 0 aliphatic carbocycles. The van der Waals surface area contributed by atoms with Gasteiger partial charge < -0.3 is 14.5 Å². The minimum atomic E-state index is 0.0732. The van der Waals surface area contributed by atoms with Crippen molar-refractivity contribution in [1.29, 1.82) is 0 Å². The van der Waals surface area contributed by atoms with Crippen LogP contribution in [0.2, 0.25) is 0 Å². The van der Waals surface area contributed by atoms with Crippen LogP contribution < -0.4 is 4.90 Å². The number of pyridine rings is 2. The van der Waals surface area contributed by atoms with Gasteiger partial charge in [-0.2, -0.15) is 5.10 Å². The molecule has 8 heteroatoms. The van der Waals surface area contributed by atoms with E-state index in [-0.39, 0.29) is 12.5 Å². The van der Waals surface area contributed by atoms with Crippen LogP contribution in [0.5, 0.6) is 0 Å². The van der Waals surface area contributed by atoms with Crippen LogP contribution in [0.15, 0.2) is 43.0 Å². The molecule has 0 saturated carbocycles. The van der Waals surface area contributed by atoms with Crippen LogP contribution in [-0.4, -0.2) is 68.8 Å². The Labute approximate surface area is 175 Å². The van der Waals surface area contributed by atoms with Gasteiger partial charge in [0.1, 0.15) is 18.8 Å². The Bertz CT molecular complexity index is 1020. The number of nitrogens with zero attached hydrogens (tertiary/aromatic N) is 6. The largest absolute Gasteiger partial charge is 0.371 e. The van der Waals surface area contributed by atoms with E-state index in [1.807, 2.05) is 29.4 Å². The molecule has 2 atom stereocenters. The van der Waals surface area contributed by atoms with Gasteiger partial charge in [0.2, 0.25) is 5.91 Å². The second-order valence-corrected chi connectivity index (χ2v) is 8.15. The predicted molar refractivity (Wildman–Crippen MR) is 112 cm³/mol. The molecule has 0 radical (unpaired) electrons. The quantitative estimate of drug-likeness (QED) is 0.582. The number of hydrogen-bond acceptors (Lipinski definition) is 6. The number of likely N-dealkylation sites (tertiary alicyclic amines) is 1. The number of anilines is 1. The van der Waals surface area contributed by atoms with E-state index in [9.17, 15) is 4.79 Å². The van der Waals surface area contributed by atoms with Gasteiger partial charge in [-0.15, -0.1) is 0 Å². The van der Waals surface area contributed by atoms with Crippen molar-refractivity contribution in [1.82, 2.24) is 24.5 Å². The zero-order valence-electron chi connectivity index (χ0n) is 17.1. The molecule has 1 amide bonds. The van der Waals surface area contributed by atoms with Gasteiger partial charge in [0.15, 0.2) is 5.65 Å². The molecule has 5 rings (SSSR count). The molecule has 2 aliphatic heterocycles. The fourth-order valence-electron chi connectivity index (χ4n) is 4.63. The molecule has 2 aliphatic rings. The Kier molecular flexibility index (Phi) is 5.08. The van der Waals surface area contributed by atoms with Crippen molar-refractivity contribution in [2.75, 3.05) is 31.2 Å². The van der Waals surface area contributed by atoms with Gasteiger partial charge in [0, 0.05) is 37.6 Å². The van der Waals surface area contributed by atoms with Crippen molar-refractivity contribution < 1.29 is 9.53 Å². The van der Waals surface area contributed by atoms with Gasteiger partial charge in [-0.05, 0) is 49.4 Å². The molecule has 0 spiro atoms. The molecular weight excluding hydrogens is 380 g/mol. The smallest absolute Gasteiger partial charge is 0.248 e. The van der Waals surface area contributed by atoms with Gasteiger partial charge in [0.05, 0.1) is 6.61 Å². The van der Waals surface area contributed by atoms with Gasteiger partial charge in [-0.25, -0.2) is 14.5 Å². The average molecular weight is 406 g/mol. The topological polar surface area (TPSA) is 75.9 Å². The monoisotopic (exact) mass is 406 g/mol. The summed E-state index contributed by atoms with van der Waals surface area (Å²) >= 11 is 0. The van der Waals surface area contributed by atoms with E-state index >= 15 is 0 Å². The number of piperazine rings is 1. The molecule has 2 saturated heterocycles. The number of aryl methyl sites for hydroxylation is 1. The third-order valence-corrected chi connectivity index (χ3v) is 6.12. The minimum Gasteiger partial charge on any atom is -0.371 e. The van der Waals surface area contributed by atoms with Crippen LogP contribution in [0, 0.1) is 6.92 Å². The van der Waals surface area contributed by atoms with Crippen molar-refractivity contribution in [3.05, 3.63) is 54.1 Å². The number of aromatic nitrogens is 4. The van der Waals surface area contributed by atoms with E-state index in [1.165, 1.54) is 0 Å². The molecule has 8 nitrogen and oxygen atoms in total. The lowest BCUT2D eigenvalue weighted by Gasteiger charge is -2.41. The summed E-state index contributed by atoms with van der Waals surface area (Å²) in [5, 5.41) is 4.14. The summed E-state index contributed by atoms with van der Waals surface area (Å²) < 4.78 is 7.47. The molecule has 30 heavy (non-hydrogen) atoms. The number of hydrogen-bond donors (Lipinski definition) is 0. The van der Waals surface area contributed by atoms with E-state index in [4.69, 9.17) is 4.74 Å². The Balaban J connectivity index is 1.13. The summed E-state index contributed by atoms with van der Waals surface area (Å²) in [6.07, 6.45) is 8.24. The van der Waals surface area contributed by atoms with Crippen LogP contribution in [0.4, 0.5) is 5.82 Å². The molecule has 0 N–H and O–H groups in total. The Morgan fingerprint density at radius 2 is 2.00 bits per heavy atom. The summed E-state index contributed by atoms with van der Waals surface area (Å²) in [7, 11) is 0. The summed E-state index contributed by atoms with van der Waals surface area (Å²) in [4.78, 5) is 26.0. The summed E-state index contributed by atoms with van der Waals surface area (Å²) in [6, 6.07) is 8.84. The third kappa shape index (κ3) is 3.63. The maximum absolute atomic E-state index is 12.7. The van der Waals surface area contributed by atoms with Crippen LogP contribution in [0.25, 0.3) is 5.65 Å². The van der Waals surface area contributed by atoms with Crippen LogP contribution in [0.1, 0.15) is 24.0 Å². The molecule has 3 aromatic rings. The second-order valence-electron chi connectivity index (χ2n) is 8.15. The number of fused-ring (bicyclic) bond motifs is 3. The number of carbonyl (C=O) groups excluding carboxylic acids is 1. The maximum Gasteiger partial charge on any atom is 0.248 e. The average Bonchev–Trinajstić information content (AvgIpc) is 3.34. The second kappa shape index (κ2) is 8.02. The molecule has 3 aromatic heterocycles. The highest BCUT2D eigenvalue weighted by Crippen LogP contribution is 2.33. The predicted octanol–water partition coefficient (Wildman–Crippen LogP) is 1.87. The Morgan fingerprint density at radius 3 is 2.77 bits per heavy atom. The lowest BCUT2D eigenvalue weighted by molar-refractivity contribution is -0.137. The van der Waals surface area contributed by atoms with E-state index in [1.54, 1.807) is 10.8 Å². The third-order valence-electron chi connectivity index (χ3n) is 6.12. The molecule has 2 unspecified atom stereocenters. The Hall–Kier alpha value is -3.00. The number of rotatable bonds is 6. The molecule has 5 heterocycles. The molecule has 2 bridgehead atoms. The van der Waals surface area contributed by atoms with Gasteiger partial charge in [-0.3, -0.25) is 4.79 Å². The summed E-state index contributed by atoms with van der Waals surface area (Å²) in [5.41, 5.74) is 3.07. The highest BCUT2D eigenvalue weighted by atomic mass is 16.5. The Morgan fingerprint density at radius 1 is 1.17 bits per heavy atom. The first kappa shape index (κ1) is 19.0. The first-order valence-electron chi connectivity index (χ1n) is 10.5. The van der Waals surface area contributed by atoms with Crippen molar-refractivity contribution in [2.45, 2.75) is 38.3 Å². The summed E-state index contributed by atoms with van der Waals surface area (Å²) in [5.74, 6) is 1.10. The van der Waals surface area contributed by atoms with Gasteiger partial charge >= 0.3 is 0 Å². The highest BCUT2D eigenvalue weighted by molar-refractivity contribution is 5.78. The molecule has 2 fully saturated rings. The SMILES string of the molecule is Cc1ccc(N2C3CCC2CN(C(=O)COCCc2cccn4ncnc24)C3)nc1. The number of ether oxygens (including phenoxy) is 1. The van der Waals surface area contributed by atoms with Crippen LogP contribution in [0.3, 0.4) is 0 Å². The lowest BCUT2D eigenvalue weighted by atomic mass is 10.1. The van der Waals surface area contributed by atoms with E-state index in [2.05, 4.69) is 39.0 Å². The number of carbonyl (C=O) groups is 1. The maximum atomic E-state index is 12.7. The van der Waals surface area contributed by atoms with Crippen LogP contribution >= 0.6 is 0 Å². The van der Waals surface area contributed by atoms with Gasteiger partial charge in [0.25, 0.3) is 0 Å². The minimum absolute atomic E-state index is 0.0732. The van der Waals surface area contributed by atoms with Crippen molar-refractivity contribution >= 4 is 17.4 Å². The first-order valence-corrected chi connectivity index (χ1v) is 10.5. The normalized spacial score (nSPS) is 20.8. The van der Waals surface area contributed by atoms with E-state index < -0.39 is 0 Å². The van der Waals surface area contributed by atoms with Crippen molar-refractivity contribution in [3.8, 4) is 0 Å². The molecule has 156 valence electrons. The van der Waals surface area contributed by atoms with Gasteiger partial charge in [-0.1, -0.05) is 12.1 Å². The van der Waals surface area contributed by atoms with Crippen molar-refractivity contribution in [2.24, 2.45) is 0 Å². The standard InChI is InChI=1S/C22H26N6O2/c1-16-4-7-20(23-11-16)28-18-5-6-19(28)13-26(12-18)21(29)14-30-10-8-17-3-2-9-27-22(17)24-15-25-27/h2-4,7,9,11,15,18-19H,5-6,8,10,12-14H2,1H3. The van der Waals surface area contributed by atoms with E-state index in [0.717, 1.165) is 48.5 Å². The lowest BCUT2D eigenvalue weighted by Crippen LogP contribution is -2.56. The van der Waals surface area contributed by atoms with Crippen LogP contribution in [-0.2, 0) is 16.0 Å². The number of amides is 1. The fraction of sp³-hybridized carbons (Fsp3) is 0.455. The van der Waals surface area contributed by atoms with E-state index in [0.29, 0.717) is 25.1 Å². The zero-order valence-corrected chi connectivity index (χ0v) is 17.1. The zero-order chi connectivity index (χ0) is 20.5. The van der Waals surface area contributed by atoms with Crippen molar-refractivity contribution in [3.63, 3.8) is 0 Å². The molecular formula is C22H26N6O2. The molecule has 0 aromatic carbocycles. The highest BCUT2D eigenvalue weighted by Gasteiger charge is 2.41. The summed E-state index contributed by atoms with van der Waals surface area (Å²) in [6.45, 7) is 4.14. The fourth-order valence-corrected chi connectivity index (χ4v) is 4.63. The first-order chi connectivity index (χ1) is 14.7.